The fourth-order valence-corrected chi connectivity index (χ4v) is 3.61. The highest BCUT2D eigenvalue weighted by Crippen LogP contribution is 2.32. The summed E-state index contributed by atoms with van der Waals surface area (Å²) in [7, 11) is 1.52. The summed E-state index contributed by atoms with van der Waals surface area (Å²) in [5.41, 5.74) is 1.37. The molecule has 1 aliphatic rings. The Balaban J connectivity index is 1.49. The van der Waals surface area contributed by atoms with Crippen LogP contribution in [0.25, 0.3) is 0 Å². The van der Waals surface area contributed by atoms with Crippen LogP contribution in [0.15, 0.2) is 47.5 Å². The number of ether oxygens (including phenoxy) is 3. The molecule has 0 bridgehead atoms. The van der Waals surface area contributed by atoms with Gasteiger partial charge in [0, 0.05) is 35.7 Å². The first-order valence-corrected chi connectivity index (χ1v) is 11.6. The van der Waals surface area contributed by atoms with E-state index in [0.717, 1.165) is 11.1 Å². The third-order valence-electron chi connectivity index (χ3n) is 5.59. The van der Waals surface area contributed by atoms with Crippen molar-refractivity contribution in [2.75, 3.05) is 25.6 Å². The van der Waals surface area contributed by atoms with Gasteiger partial charge in [0.1, 0.15) is 17.6 Å². The Morgan fingerprint density at radius 3 is 2.67 bits per heavy atom. The summed E-state index contributed by atoms with van der Waals surface area (Å²) < 4.78 is 16.6. The van der Waals surface area contributed by atoms with Crippen LogP contribution in [0.4, 0.5) is 5.69 Å². The van der Waals surface area contributed by atoms with Crippen LogP contribution in [0.2, 0.25) is 0 Å². The molecular formula is C26H31N3O7. The number of carbonyl (C=O) groups excluding carboxylic acids is 2. The molecule has 0 fully saturated rings. The molecule has 1 aliphatic heterocycles. The van der Waals surface area contributed by atoms with Crippen LogP contribution in [0.3, 0.4) is 0 Å². The Morgan fingerprint density at radius 2 is 1.97 bits per heavy atom. The minimum Gasteiger partial charge on any atom is -0.496 e. The number of aliphatic carboxylic acids is 1. The van der Waals surface area contributed by atoms with E-state index in [1.807, 2.05) is 6.07 Å². The number of benzene rings is 2. The molecule has 0 aliphatic carbocycles. The molecule has 2 aromatic carbocycles. The first-order valence-electron chi connectivity index (χ1n) is 11.6. The second-order valence-corrected chi connectivity index (χ2v) is 8.98. The van der Waals surface area contributed by atoms with E-state index in [-0.39, 0.29) is 12.5 Å². The average Bonchev–Trinajstić information content (AvgIpc) is 3.37. The Bertz CT molecular complexity index is 1120. The predicted octanol–water partition coefficient (Wildman–Crippen LogP) is 3.11. The number of rotatable bonds is 11. The Morgan fingerprint density at radius 1 is 1.17 bits per heavy atom. The topological polar surface area (TPSA) is 136 Å². The number of nitrogens with zero attached hydrogens (tertiary/aromatic N) is 1. The van der Waals surface area contributed by atoms with Crippen LogP contribution in [-0.4, -0.2) is 55.1 Å². The fourth-order valence-electron chi connectivity index (χ4n) is 3.61. The van der Waals surface area contributed by atoms with E-state index >= 15 is 0 Å². The highest BCUT2D eigenvalue weighted by molar-refractivity contribution is 6.39. The van der Waals surface area contributed by atoms with E-state index in [9.17, 15) is 14.4 Å². The molecule has 0 radical (unpaired) electrons. The number of nitrogens with one attached hydrogen (secondary N) is 2. The van der Waals surface area contributed by atoms with E-state index in [1.54, 1.807) is 50.2 Å². The lowest BCUT2D eigenvalue weighted by Crippen LogP contribution is -2.48. The van der Waals surface area contributed by atoms with Gasteiger partial charge < -0.3 is 30.0 Å². The number of methoxy groups -OCH3 is 1. The van der Waals surface area contributed by atoms with Crippen LogP contribution in [0.5, 0.6) is 11.5 Å². The summed E-state index contributed by atoms with van der Waals surface area (Å²) in [6.07, 6.45) is 2.06. The van der Waals surface area contributed by atoms with Gasteiger partial charge in [-0.3, -0.25) is 19.4 Å². The molecule has 1 unspecified atom stereocenters. The van der Waals surface area contributed by atoms with Crippen LogP contribution < -0.4 is 20.1 Å². The summed E-state index contributed by atoms with van der Waals surface area (Å²) in [6.45, 7) is 4.38. The minimum absolute atomic E-state index is 0.0470. The zero-order valence-corrected chi connectivity index (χ0v) is 20.6. The molecule has 0 spiro atoms. The molecule has 1 atom stereocenters. The highest BCUT2D eigenvalue weighted by Gasteiger charge is 2.25. The molecule has 3 rings (SSSR count). The number of hydrogen-bond donors (Lipinski definition) is 3. The Kier molecular flexibility index (Phi) is 8.88. The first kappa shape index (κ1) is 26.5. The van der Waals surface area contributed by atoms with Gasteiger partial charge in [-0.1, -0.05) is 12.1 Å². The largest absolute Gasteiger partial charge is 0.496 e. The SMILES string of the molecule is COc1cc(NC(=O)C(=O)NC(C)(C)CCOc2cccc(CCC(=O)O)c2)ccc1C1CN=CO1. The van der Waals surface area contributed by atoms with Crippen LogP contribution in [0, 0.1) is 0 Å². The molecule has 36 heavy (non-hydrogen) atoms. The third-order valence-corrected chi connectivity index (χ3v) is 5.59. The van der Waals surface area contributed by atoms with Crippen LogP contribution in [-0.2, 0) is 25.5 Å². The zero-order chi connectivity index (χ0) is 26.1. The normalized spacial score (nSPS) is 14.6. The van der Waals surface area contributed by atoms with E-state index < -0.39 is 23.3 Å². The lowest BCUT2D eigenvalue weighted by atomic mass is 10.0. The maximum Gasteiger partial charge on any atom is 0.313 e. The predicted molar refractivity (Wildman–Crippen MR) is 134 cm³/mol. The molecule has 2 aromatic rings. The number of carbonyl (C=O) groups is 3. The standard InChI is InChI=1S/C26H31N3O7/c1-26(2,11-12-35-19-6-4-5-17(13-19)7-10-23(30)31)29-25(33)24(32)28-18-8-9-20(21(14-18)34-3)22-15-27-16-36-22/h4-6,8-9,13-14,16,22H,7,10-12,15H2,1-3H3,(H,28,32)(H,29,33)(H,30,31). The van der Waals surface area contributed by atoms with Gasteiger partial charge in [0.25, 0.3) is 0 Å². The summed E-state index contributed by atoms with van der Waals surface area (Å²) in [4.78, 5) is 39.8. The highest BCUT2D eigenvalue weighted by atomic mass is 16.5. The van der Waals surface area contributed by atoms with Gasteiger partial charge in [0.05, 0.1) is 20.3 Å². The maximum atomic E-state index is 12.5. The molecule has 3 N–H and O–H groups in total. The van der Waals surface area contributed by atoms with Crippen molar-refractivity contribution in [3.63, 3.8) is 0 Å². The summed E-state index contributed by atoms with van der Waals surface area (Å²) >= 11 is 0. The molecule has 0 aromatic heterocycles. The van der Waals surface area contributed by atoms with E-state index in [1.165, 1.54) is 13.5 Å². The smallest absolute Gasteiger partial charge is 0.313 e. The lowest BCUT2D eigenvalue weighted by molar-refractivity contribution is -0.137. The molecule has 10 nitrogen and oxygen atoms in total. The van der Waals surface area contributed by atoms with Gasteiger partial charge in [0.15, 0.2) is 6.40 Å². The number of aliphatic imine (C=N–C) groups is 1. The van der Waals surface area contributed by atoms with Gasteiger partial charge >= 0.3 is 17.8 Å². The average molecular weight is 498 g/mol. The monoisotopic (exact) mass is 497 g/mol. The van der Waals surface area contributed by atoms with Gasteiger partial charge in [-0.05, 0) is 50.1 Å². The molecule has 1 heterocycles. The molecule has 10 heteroatoms. The molecule has 0 saturated heterocycles. The number of anilines is 1. The Labute approximate surface area is 209 Å². The molecule has 0 saturated carbocycles. The van der Waals surface area contributed by atoms with E-state index in [4.69, 9.17) is 19.3 Å². The van der Waals surface area contributed by atoms with Gasteiger partial charge in [-0.2, -0.15) is 0 Å². The van der Waals surface area contributed by atoms with Crippen molar-refractivity contribution in [2.24, 2.45) is 4.99 Å². The van der Waals surface area contributed by atoms with Crippen molar-refractivity contribution in [1.82, 2.24) is 5.32 Å². The quantitative estimate of drug-likeness (QED) is 0.406. The summed E-state index contributed by atoms with van der Waals surface area (Å²) in [6, 6.07) is 12.3. The van der Waals surface area contributed by atoms with Crippen LogP contribution in [0.1, 0.15) is 43.9 Å². The zero-order valence-electron chi connectivity index (χ0n) is 20.6. The number of amides is 2. The minimum atomic E-state index is -0.854. The second-order valence-electron chi connectivity index (χ2n) is 8.98. The fraction of sp³-hybridized carbons (Fsp3) is 0.385. The van der Waals surface area contributed by atoms with Gasteiger partial charge in [-0.15, -0.1) is 0 Å². The van der Waals surface area contributed by atoms with Crippen molar-refractivity contribution in [3.8, 4) is 11.5 Å². The van der Waals surface area contributed by atoms with Gasteiger partial charge in [-0.25, -0.2) is 0 Å². The Hall–Kier alpha value is -4.08. The van der Waals surface area contributed by atoms with Crippen molar-refractivity contribution in [2.45, 2.75) is 44.8 Å². The number of hydrogen-bond acceptors (Lipinski definition) is 7. The van der Waals surface area contributed by atoms with Crippen molar-refractivity contribution < 1.29 is 33.7 Å². The maximum absolute atomic E-state index is 12.5. The number of carboxylic acid groups (broad SMARTS) is 1. The second kappa shape index (κ2) is 12.1. The molecule has 2 amide bonds. The number of carboxylic acids is 1. The number of aryl methyl sites for hydroxylation is 1. The van der Waals surface area contributed by atoms with Crippen LogP contribution >= 0.6 is 0 Å². The first-order chi connectivity index (χ1) is 17.2. The summed E-state index contributed by atoms with van der Waals surface area (Å²) in [5.74, 6) is -1.29. The third kappa shape index (κ3) is 7.72. The van der Waals surface area contributed by atoms with Crippen molar-refractivity contribution >= 4 is 29.9 Å². The molecule has 192 valence electrons. The van der Waals surface area contributed by atoms with Gasteiger partial charge in [0.2, 0.25) is 0 Å². The van der Waals surface area contributed by atoms with E-state index in [2.05, 4.69) is 15.6 Å². The molecular weight excluding hydrogens is 466 g/mol. The lowest BCUT2D eigenvalue weighted by Gasteiger charge is -2.26. The van der Waals surface area contributed by atoms with E-state index in [0.29, 0.717) is 43.2 Å². The van der Waals surface area contributed by atoms with Crippen molar-refractivity contribution in [1.29, 1.82) is 0 Å². The summed E-state index contributed by atoms with van der Waals surface area (Å²) in [5, 5.41) is 14.2. The van der Waals surface area contributed by atoms with Crippen molar-refractivity contribution in [3.05, 3.63) is 53.6 Å².